The first-order valence-corrected chi connectivity index (χ1v) is 4.57. The maximum Gasteiger partial charge on any atom is 0.310 e. The van der Waals surface area contributed by atoms with Gasteiger partial charge in [-0.15, -0.1) is 0 Å². The molecule has 0 radical (unpaired) electrons. The van der Waals surface area contributed by atoms with Crippen LogP contribution in [0.3, 0.4) is 0 Å². The smallest absolute Gasteiger partial charge is 0.310 e. The summed E-state index contributed by atoms with van der Waals surface area (Å²) in [5.74, 6) is -0.323. The van der Waals surface area contributed by atoms with Gasteiger partial charge < -0.3 is 9.47 Å². The van der Waals surface area contributed by atoms with Crippen molar-refractivity contribution in [3.05, 3.63) is 35.9 Å². The Morgan fingerprint density at radius 3 is 2.60 bits per heavy atom. The highest BCUT2D eigenvalue weighted by molar-refractivity contribution is 5.72. The van der Waals surface area contributed by atoms with Gasteiger partial charge in [-0.05, 0) is 5.56 Å². The minimum absolute atomic E-state index is 0.101. The maximum absolute atomic E-state index is 11.2. The van der Waals surface area contributed by atoms with E-state index in [0.717, 1.165) is 5.56 Å². The average Bonchev–Trinajstić information content (AvgIpc) is 2.26. The first-order chi connectivity index (χ1) is 7.33. The summed E-state index contributed by atoms with van der Waals surface area (Å²) < 4.78 is 9.20. The summed E-state index contributed by atoms with van der Waals surface area (Å²) in [7, 11) is 0. The zero-order chi connectivity index (χ0) is 10.9. The maximum atomic E-state index is 11.2. The number of carbonyl (C=O) groups excluding carboxylic acids is 2. The first kappa shape index (κ1) is 11.2. The summed E-state index contributed by atoms with van der Waals surface area (Å²) in [6, 6.07) is 9.30. The molecule has 0 aliphatic carbocycles. The molecule has 0 fully saturated rings. The molecule has 0 amide bonds. The van der Waals surface area contributed by atoms with Crippen molar-refractivity contribution < 1.29 is 19.1 Å². The van der Waals surface area contributed by atoms with Crippen molar-refractivity contribution in [1.82, 2.24) is 0 Å². The Kier molecular flexibility index (Phi) is 4.94. The largest absolute Gasteiger partial charge is 0.464 e. The highest BCUT2D eigenvalue weighted by Crippen LogP contribution is 2.00. The van der Waals surface area contributed by atoms with E-state index in [9.17, 15) is 9.59 Å². The van der Waals surface area contributed by atoms with Gasteiger partial charge in [-0.1, -0.05) is 30.3 Å². The second-order valence-corrected chi connectivity index (χ2v) is 2.85. The number of carbonyl (C=O) groups is 2. The fraction of sp³-hybridized carbons (Fsp3) is 0.273. The summed E-state index contributed by atoms with van der Waals surface area (Å²) in [6.45, 7) is 0.527. The summed E-state index contributed by atoms with van der Waals surface area (Å²) in [6.07, 6.45) is 0.238. The Bertz CT molecular complexity index is 308. The van der Waals surface area contributed by atoms with Crippen molar-refractivity contribution >= 4 is 12.4 Å². The fourth-order valence-electron chi connectivity index (χ4n) is 1.07. The molecule has 1 rings (SSSR count). The minimum Gasteiger partial charge on any atom is -0.464 e. The van der Waals surface area contributed by atoms with E-state index in [4.69, 9.17) is 4.74 Å². The Labute approximate surface area is 87.8 Å². The molecule has 15 heavy (non-hydrogen) atoms. The van der Waals surface area contributed by atoms with Gasteiger partial charge in [-0.25, -0.2) is 0 Å². The van der Waals surface area contributed by atoms with E-state index in [1.807, 2.05) is 30.3 Å². The van der Waals surface area contributed by atoms with Gasteiger partial charge >= 0.3 is 5.97 Å². The predicted molar refractivity (Wildman–Crippen MR) is 53.1 cm³/mol. The number of rotatable bonds is 6. The fourth-order valence-corrected chi connectivity index (χ4v) is 1.07. The van der Waals surface area contributed by atoms with E-state index >= 15 is 0 Å². The second kappa shape index (κ2) is 6.59. The van der Waals surface area contributed by atoms with E-state index in [1.54, 1.807) is 0 Å². The van der Waals surface area contributed by atoms with Crippen molar-refractivity contribution in [2.24, 2.45) is 0 Å². The number of hydrogen-bond acceptors (Lipinski definition) is 4. The molecule has 0 N–H and O–H groups in total. The minimum atomic E-state index is -0.323. The molecule has 1 aromatic rings. The van der Waals surface area contributed by atoms with Gasteiger partial charge in [-0.3, -0.25) is 9.59 Å². The lowest BCUT2D eigenvalue weighted by molar-refractivity contribution is -0.146. The quantitative estimate of drug-likeness (QED) is 0.396. The van der Waals surface area contributed by atoms with Crippen molar-refractivity contribution in [1.29, 1.82) is 0 Å². The molecule has 80 valence electrons. The van der Waals surface area contributed by atoms with E-state index in [0.29, 0.717) is 6.47 Å². The van der Waals surface area contributed by atoms with E-state index in [1.165, 1.54) is 0 Å². The van der Waals surface area contributed by atoms with Gasteiger partial charge in [0.1, 0.15) is 13.2 Å². The van der Waals surface area contributed by atoms with Crippen LogP contribution in [0, 0.1) is 0 Å². The standard InChI is InChI=1S/C11H12O4/c12-9-14-6-7-15-11(13)8-10-4-2-1-3-5-10/h1-5,9H,6-8H2. The molecule has 4 heteroatoms. The van der Waals surface area contributed by atoms with Crippen LogP contribution >= 0.6 is 0 Å². The highest BCUT2D eigenvalue weighted by Gasteiger charge is 2.03. The topological polar surface area (TPSA) is 52.6 Å². The normalized spacial score (nSPS) is 9.33. The van der Waals surface area contributed by atoms with Gasteiger partial charge in [0.15, 0.2) is 0 Å². The zero-order valence-corrected chi connectivity index (χ0v) is 8.22. The Morgan fingerprint density at radius 1 is 1.20 bits per heavy atom. The average molecular weight is 208 g/mol. The number of benzene rings is 1. The molecule has 0 spiro atoms. The molecule has 0 heterocycles. The Balaban J connectivity index is 2.22. The van der Waals surface area contributed by atoms with Crippen LogP contribution in [0.15, 0.2) is 30.3 Å². The number of ether oxygens (including phenoxy) is 2. The summed E-state index contributed by atoms with van der Waals surface area (Å²) >= 11 is 0. The monoisotopic (exact) mass is 208 g/mol. The van der Waals surface area contributed by atoms with Gasteiger partial charge in [0.2, 0.25) is 0 Å². The molecule has 0 bridgehead atoms. The zero-order valence-electron chi connectivity index (χ0n) is 8.22. The first-order valence-electron chi connectivity index (χ1n) is 4.57. The molecule has 1 aromatic carbocycles. The summed E-state index contributed by atoms with van der Waals surface area (Å²) in [5.41, 5.74) is 0.902. The van der Waals surface area contributed by atoms with Gasteiger partial charge in [0.25, 0.3) is 6.47 Å². The van der Waals surface area contributed by atoms with E-state index in [2.05, 4.69) is 4.74 Å². The molecular formula is C11H12O4. The van der Waals surface area contributed by atoms with Crippen LogP contribution in [0.5, 0.6) is 0 Å². The number of esters is 1. The lowest BCUT2D eigenvalue weighted by atomic mass is 10.2. The molecule has 0 atom stereocenters. The van der Waals surface area contributed by atoms with Crippen LogP contribution in [0.4, 0.5) is 0 Å². The third kappa shape index (κ3) is 4.81. The molecule has 4 nitrogen and oxygen atoms in total. The molecule has 0 aromatic heterocycles. The van der Waals surface area contributed by atoms with Crippen LogP contribution in [0.25, 0.3) is 0 Å². The molecule has 0 saturated heterocycles. The Hall–Kier alpha value is -1.84. The lowest BCUT2D eigenvalue weighted by Crippen LogP contribution is -2.12. The van der Waals surface area contributed by atoms with Crippen molar-refractivity contribution in [2.75, 3.05) is 13.2 Å². The summed E-state index contributed by atoms with van der Waals surface area (Å²) in [5, 5.41) is 0. The van der Waals surface area contributed by atoms with Gasteiger partial charge in [0.05, 0.1) is 6.42 Å². The van der Waals surface area contributed by atoms with E-state index in [-0.39, 0.29) is 25.6 Å². The molecule has 0 aliphatic heterocycles. The third-order valence-corrected chi connectivity index (χ3v) is 1.72. The predicted octanol–water partition coefficient (Wildman–Crippen LogP) is 0.945. The Morgan fingerprint density at radius 2 is 1.93 bits per heavy atom. The summed E-state index contributed by atoms with van der Waals surface area (Å²) in [4.78, 5) is 21.0. The van der Waals surface area contributed by atoms with Gasteiger partial charge in [0, 0.05) is 0 Å². The molecule has 0 aliphatic rings. The van der Waals surface area contributed by atoms with E-state index < -0.39 is 0 Å². The van der Waals surface area contributed by atoms with Crippen LogP contribution in [-0.2, 0) is 25.5 Å². The molecule has 0 saturated carbocycles. The van der Waals surface area contributed by atoms with Crippen molar-refractivity contribution in [3.63, 3.8) is 0 Å². The lowest BCUT2D eigenvalue weighted by Gasteiger charge is -2.03. The second-order valence-electron chi connectivity index (χ2n) is 2.85. The van der Waals surface area contributed by atoms with Crippen molar-refractivity contribution in [2.45, 2.75) is 6.42 Å². The molecular weight excluding hydrogens is 196 g/mol. The molecule has 0 unspecified atom stereocenters. The van der Waals surface area contributed by atoms with Crippen LogP contribution < -0.4 is 0 Å². The van der Waals surface area contributed by atoms with Crippen LogP contribution in [-0.4, -0.2) is 25.7 Å². The highest BCUT2D eigenvalue weighted by atomic mass is 16.6. The third-order valence-electron chi connectivity index (χ3n) is 1.72. The van der Waals surface area contributed by atoms with Crippen molar-refractivity contribution in [3.8, 4) is 0 Å². The van der Waals surface area contributed by atoms with Gasteiger partial charge in [-0.2, -0.15) is 0 Å². The SMILES string of the molecule is O=COCCOC(=O)Cc1ccccc1. The van der Waals surface area contributed by atoms with Crippen LogP contribution in [0.2, 0.25) is 0 Å². The number of hydrogen-bond donors (Lipinski definition) is 0. The van der Waals surface area contributed by atoms with Crippen LogP contribution in [0.1, 0.15) is 5.56 Å².